The van der Waals surface area contributed by atoms with E-state index in [0.29, 0.717) is 10.1 Å². The molecule has 0 fully saturated rings. The van der Waals surface area contributed by atoms with Crippen molar-refractivity contribution in [3.8, 4) is 0 Å². The molecule has 0 aromatic rings. The highest BCUT2D eigenvalue weighted by molar-refractivity contribution is 8.16. The van der Waals surface area contributed by atoms with Crippen molar-refractivity contribution in [1.29, 1.82) is 0 Å². The van der Waals surface area contributed by atoms with Crippen LogP contribution in [0.1, 0.15) is 0 Å². The summed E-state index contributed by atoms with van der Waals surface area (Å²) < 4.78 is 0. The Morgan fingerprint density at radius 3 is 1.64 bits per heavy atom. The highest BCUT2D eigenvalue weighted by Crippen LogP contribution is 2.18. The van der Waals surface area contributed by atoms with E-state index < -0.39 is 0 Å². The second-order valence-corrected chi connectivity index (χ2v) is 5.25. The Balaban J connectivity index is 3.03. The van der Waals surface area contributed by atoms with Gasteiger partial charge in [0.25, 0.3) is 0 Å². The van der Waals surface area contributed by atoms with Crippen LogP contribution in [-0.2, 0) is 0 Å². The molecule has 0 aliphatic carbocycles. The molecular weight excluding hydrogens is 219 g/mol. The van der Waals surface area contributed by atoms with Crippen molar-refractivity contribution < 1.29 is 0 Å². The standard InChI is InChI=1S/C7H10Cl2S2/c1-6(8)3-10-5-11-4-7(2)9/h1-5H2. The zero-order valence-corrected chi connectivity index (χ0v) is 9.25. The first-order chi connectivity index (χ1) is 5.13. The summed E-state index contributed by atoms with van der Waals surface area (Å²) >= 11 is 14.6. The highest BCUT2D eigenvalue weighted by atomic mass is 35.5. The molecule has 0 amide bonds. The molecule has 0 bridgehead atoms. The first-order valence-corrected chi connectivity index (χ1v) is 6.01. The SMILES string of the molecule is C=C(Cl)CSCSCC(=C)Cl. The molecule has 0 aliphatic heterocycles. The van der Waals surface area contributed by atoms with Gasteiger partial charge in [0, 0.05) is 26.7 Å². The fourth-order valence-corrected chi connectivity index (χ4v) is 2.41. The third kappa shape index (κ3) is 10.8. The van der Waals surface area contributed by atoms with Crippen LogP contribution in [0.25, 0.3) is 0 Å². The molecule has 0 heterocycles. The van der Waals surface area contributed by atoms with Crippen molar-refractivity contribution >= 4 is 46.7 Å². The largest absolute Gasteiger partial charge is 0.145 e. The van der Waals surface area contributed by atoms with Gasteiger partial charge in [-0.1, -0.05) is 36.4 Å². The Morgan fingerprint density at radius 2 is 1.36 bits per heavy atom. The second-order valence-electron chi connectivity index (χ2n) is 1.85. The van der Waals surface area contributed by atoms with Crippen LogP contribution in [0.2, 0.25) is 0 Å². The van der Waals surface area contributed by atoms with Crippen LogP contribution in [-0.4, -0.2) is 16.6 Å². The fraction of sp³-hybridized carbons (Fsp3) is 0.429. The van der Waals surface area contributed by atoms with Crippen LogP contribution < -0.4 is 0 Å². The van der Waals surface area contributed by atoms with Crippen molar-refractivity contribution in [3.05, 3.63) is 23.2 Å². The van der Waals surface area contributed by atoms with Gasteiger partial charge in [-0.3, -0.25) is 0 Å². The van der Waals surface area contributed by atoms with Gasteiger partial charge in [0.05, 0.1) is 0 Å². The molecule has 0 aromatic carbocycles. The molecule has 0 spiro atoms. The van der Waals surface area contributed by atoms with Crippen molar-refractivity contribution in [1.82, 2.24) is 0 Å². The minimum Gasteiger partial charge on any atom is -0.145 e. The van der Waals surface area contributed by atoms with Crippen LogP contribution >= 0.6 is 46.7 Å². The molecule has 0 aliphatic rings. The Hall–Kier alpha value is 0.760. The zero-order valence-electron chi connectivity index (χ0n) is 6.11. The molecular formula is C7H10Cl2S2. The van der Waals surface area contributed by atoms with Gasteiger partial charge in [0.1, 0.15) is 0 Å². The lowest BCUT2D eigenvalue weighted by Crippen LogP contribution is -1.80. The van der Waals surface area contributed by atoms with E-state index in [1.54, 1.807) is 23.5 Å². The summed E-state index contributed by atoms with van der Waals surface area (Å²) in [4.78, 5) is 0. The third-order valence-corrected chi connectivity index (χ3v) is 3.71. The molecule has 0 unspecified atom stereocenters. The summed E-state index contributed by atoms with van der Waals surface area (Å²) in [5.41, 5.74) is 0. The van der Waals surface area contributed by atoms with E-state index in [1.165, 1.54) is 0 Å². The van der Waals surface area contributed by atoms with E-state index in [1.807, 2.05) is 0 Å². The van der Waals surface area contributed by atoms with E-state index in [9.17, 15) is 0 Å². The zero-order chi connectivity index (χ0) is 8.69. The normalized spacial score (nSPS) is 9.64. The van der Waals surface area contributed by atoms with Gasteiger partial charge in [-0.05, 0) is 0 Å². The van der Waals surface area contributed by atoms with Crippen LogP contribution in [0.15, 0.2) is 23.2 Å². The van der Waals surface area contributed by atoms with E-state index in [-0.39, 0.29) is 0 Å². The monoisotopic (exact) mass is 228 g/mol. The smallest absolute Gasteiger partial charge is 0.0399 e. The van der Waals surface area contributed by atoms with Gasteiger partial charge in [0.2, 0.25) is 0 Å². The van der Waals surface area contributed by atoms with Crippen molar-refractivity contribution in [2.24, 2.45) is 0 Å². The maximum absolute atomic E-state index is 5.55. The molecule has 0 radical (unpaired) electrons. The molecule has 0 rings (SSSR count). The van der Waals surface area contributed by atoms with E-state index in [4.69, 9.17) is 23.2 Å². The molecule has 4 heteroatoms. The Bertz CT molecular complexity index is 129. The van der Waals surface area contributed by atoms with Gasteiger partial charge in [0.15, 0.2) is 0 Å². The molecule has 64 valence electrons. The summed E-state index contributed by atoms with van der Waals surface area (Å²) in [7, 11) is 0. The first-order valence-electron chi connectivity index (χ1n) is 2.95. The Morgan fingerprint density at radius 1 is 1.00 bits per heavy atom. The lowest BCUT2D eigenvalue weighted by Gasteiger charge is -1.98. The predicted octanol–water partition coefficient (Wildman–Crippen LogP) is 3.92. The number of hydrogen-bond donors (Lipinski definition) is 0. The van der Waals surface area contributed by atoms with Gasteiger partial charge in [-0.2, -0.15) is 0 Å². The van der Waals surface area contributed by atoms with Crippen molar-refractivity contribution in [3.63, 3.8) is 0 Å². The molecule has 0 saturated carbocycles. The van der Waals surface area contributed by atoms with Crippen LogP contribution in [0, 0.1) is 0 Å². The van der Waals surface area contributed by atoms with E-state index >= 15 is 0 Å². The first kappa shape index (κ1) is 11.8. The molecule has 0 atom stereocenters. The molecule has 11 heavy (non-hydrogen) atoms. The minimum atomic E-state index is 0.695. The quantitative estimate of drug-likeness (QED) is 0.500. The maximum Gasteiger partial charge on any atom is 0.0399 e. The lowest BCUT2D eigenvalue weighted by atomic mass is 10.7. The molecule has 0 saturated heterocycles. The highest BCUT2D eigenvalue weighted by Gasteiger charge is 1.92. The average molecular weight is 229 g/mol. The molecule has 0 aromatic heterocycles. The topological polar surface area (TPSA) is 0 Å². The molecule has 0 nitrogen and oxygen atoms in total. The molecule has 0 N–H and O–H groups in total. The summed E-state index contributed by atoms with van der Waals surface area (Å²) in [6.45, 7) is 7.16. The minimum absolute atomic E-state index is 0.695. The lowest BCUT2D eigenvalue weighted by molar-refractivity contribution is 1.72. The van der Waals surface area contributed by atoms with E-state index in [0.717, 1.165) is 16.6 Å². The summed E-state index contributed by atoms with van der Waals surface area (Å²) in [6, 6.07) is 0. The number of thioether (sulfide) groups is 2. The summed E-state index contributed by atoms with van der Waals surface area (Å²) in [6.07, 6.45) is 0. The second kappa shape index (κ2) is 7.41. The van der Waals surface area contributed by atoms with Gasteiger partial charge < -0.3 is 0 Å². The maximum atomic E-state index is 5.55. The number of halogens is 2. The Kier molecular flexibility index (Phi) is 7.92. The number of rotatable bonds is 6. The summed E-state index contributed by atoms with van der Waals surface area (Å²) in [5.74, 6) is 1.62. The van der Waals surface area contributed by atoms with Gasteiger partial charge in [-0.15, -0.1) is 23.5 Å². The van der Waals surface area contributed by atoms with Crippen LogP contribution in [0.4, 0.5) is 0 Å². The third-order valence-electron chi connectivity index (χ3n) is 0.684. The van der Waals surface area contributed by atoms with Crippen LogP contribution in [0.3, 0.4) is 0 Å². The Labute approximate surface area is 86.4 Å². The van der Waals surface area contributed by atoms with Gasteiger partial charge in [-0.25, -0.2) is 0 Å². The van der Waals surface area contributed by atoms with Crippen molar-refractivity contribution in [2.45, 2.75) is 0 Å². The van der Waals surface area contributed by atoms with E-state index in [2.05, 4.69) is 13.2 Å². The van der Waals surface area contributed by atoms with Gasteiger partial charge >= 0.3 is 0 Å². The fourth-order valence-electron chi connectivity index (χ4n) is 0.364. The number of hydrogen-bond acceptors (Lipinski definition) is 2. The summed E-state index contributed by atoms with van der Waals surface area (Å²) in [5, 5.41) is 2.37. The average Bonchev–Trinajstić information content (AvgIpc) is 1.85. The predicted molar refractivity (Wildman–Crippen MR) is 59.8 cm³/mol. The van der Waals surface area contributed by atoms with Crippen molar-refractivity contribution in [2.75, 3.05) is 16.6 Å². The van der Waals surface area contributed by atoms with Crippen LogP contribution in [0.5, 0.6) is 0 Å².